The second-order valence-corrected chi connectivity index (χ2v) is 4.73. The Morgan fingerprint density at radius 3 is 2.45 bits per heavy atom. The summed E-state index contributed by atoms with van der Waals surface area (Å²) in [6.45, 7) is 0.369. The summed E-state index contributed by atoms with van der Waals surface area (Å²) < 4.78 is 0. The number of nitrogens with zero attached hydrogens (tertiary/aromatic N) is 1. The number of amides is 1. The molecule has 0 saturated heterocycles. The first-order valence-corrected chi connectivity index (χ1v) is 6.40. The molecule has 4 N–H and O–H groups in total. The molecule has 1 amide bonds. The Kier molecular flexibility index (Phi) is 5.99. The Morgan fingerprint density at radius 2 is 1.90 bits per heavy atom. The summed E-state index contributed by atoms with van der Waals surface area (Å²) in [6.07, 6.45) is 0.816. The van der Waals surface area contributed by atoms with Crippen molar-refractivity contribution in [1.82, 2.24) is 4.90 Å². The van der Waals surface area contributed by atoms with Crippen molar-refractivity contribution in [3.05, 3.63) is 29.8 Å². The highest BCUT2D eigenvalue weighted by atomic mass is 16.4. The highest BCUT2D eigenvalue weighted by Crippen LogP contribution is 2.11. The fourth-order valence-corrected chi connectivity index (χ4v) is 1.83. The molecule has 20 heavy (non-hydrogen) atoms. The second kappa shape index (κ2) is 7.49. The van der Waals surface area contributed by atoms with Gasteiger partial charge in [-0.1, -0.05) is 12.1 Å². The lowest BCUT2D eigenvalue weighted by atomic mass is 10.1. The van der Waals surface area contributed by atoms with Gasteiger partial charge < -0.3 is 20.8 Å². The largest absolute Gasteiger partial charge is 0.508 e. The quantitative estimate of drug-likeness (QED) is 0.678. The van der Waals surface area contributed by atoms with Crippen molar-refractivity contribution in [3.8, 4) is 5.75 Å². The number of carbonyl (C=O) groups is 2. The van der Waals surface area contributed by atoms with Gasteiger partial charge in [-0.05, 0) is 30.5 Å². The standard InChI is InChI=1S/C14H20N2O4/c1-16(8-2-3-13(18)19)14(20)12(15)9-10-4-6-11(17)7-5-10/h4-7,12,17H,2-3,8-9,15H2,1H3,(H,18,19)/t12-/m0/s1. The molecule has 1 rings (SSSR count). The Labute approximate surface area is 117 Å². The number of hydrogen-bond donors (Lipinski definition) is 3. The number of aliphatic carboxylic acids is 1. The van der Waals surface area contributed by atoms with Crippen LogP contribution < -0.4 is 5.73 Å². The summed E-state index contributed by atoms with van der Waals surface area (Å²) in [5, 5.41) is 17.7. The minimum Gasteiger partial charge on any atom is -0.508 e. The lowest BCUT2D eigenvalue weighted by Gasteiger charge is -2.21. The molecule has 0 radical (unpaired) electrons. The van der Waals surface area contributed by atoms with Crippen LogP contribution in [0.4, 0.5) is 0 Å². The van der Waals surface area contributed by atoms with E-state index in [0.717, 1.165) is 5.56 Å². The first-order valence-electron chi connectivity index (χ1n) is 6.40. The summed E-state index contributed by atoms with van der Waals surface area (Å²) >= 11 is 0. The van der Waals surface area contributed by atoms with Crippen molar-refractivity contribution in [2.75, 3.05) is 13.6 Å². The van der Waals surface area contributed by atoms with Gasteiger partial charge in [0.15, 0.2) is 0 Å². The van der Waals surface area contributed by atoms with Crippen molar-refractivity contribution in [2.24, 2.45) is 5.73 Å². The average Bonchev–Trinajstić information content (AvgIpc) is 2.39. The molecule has 6 heteroatoms. The van der Waals surface area contributed by atoms with Gasteiger partial charge in [0, 0.05) is 20.0 Å². The molecule has 0 heterocycles. The molecular weight excluding hydrogens is 260 g/mol. The van der Waals surface area contributed by atoms with Crippen molar-refractivity contribution >= 4 is 11.9 Å². The van der Waals surface area contributed by atoms with Crippen LogP contribution in [0.25, 0.3) is 0 Å². The third-order valence-corrected chi connectivity index (χ3v) is 2.97. The zero-order valence-corrected chi connectivity index (χ0v) is 11.5. The average molecular weight is 280 g/mol. The van der Waals surface area contributed by atoms with Crippen LogP contribution in [0.3, 0.4) is 0 Å². The van der Waals surface area contributed by atoms with Crippen molar-refractivity contribution in [1.29, 1.82) is 0 Å². The molecule has 0 aliphatic rings. The lowest BCUT2D eigenvalue weighted by Crippen LogP contribution is -2.43. The van der Waals surface area contributed by atoms with Crippen LogP contribution in [-0.2, 0) is 16.0 Å². The molecule has 0 spiro atoms. The van der Waals surface area contributed by atoms with Crippen molar-refractivity contribution < 1.29 is 19.8 Å². The lowest BCUT2D eigenvalue weighted by molar-refractivity contribution is -0.138. The van der Waals surface area contributed by atoms with E-state index in [2.05, 4.69) is 0 Å². The van der Waals surface area contributed by atoms with Crippen LogP contribution in [0.2, 0.25) is 0 Å². The Hall–Kier alpha value is -2.08. The fourth-order valence-electron chi connectivity index (χ4n) is 1.83. The van der Waals surface area contributed by atoms with Gasteiger partial charge in [0.25, 0.3) is 0 Å². The third-order valence-electron chi connectivity index (χ3n) is 2.97. The number of carbonyl (C=O) groups excluding carboxylic acids is 1. The number of phenols is 1. The maximum atomic E-state index is 12.0. The van der Waals surface area contributed by atoms with Gasteiger partial charge in [-0.15, -0.1) is 0 Å². The molecule has 110 valence electrons. The van der Waals surface area contributed by atoms with E-state index >= 15 is 0 Å². The predicted molar refractivity (Wildman–Crippen MR) is 74.3 cm³/mol. The maximum Gasteiger partial charge on any atom is 0.303 e. The summed E-state index contributed by atoms with van der Waals surface area (Å²) in [5.74, 6) is -0.929. The van der Waals surface area contributed by atoms with E-state index in [-0.39, 0.29) is 18.1 Å². The smallest absolute Gasteiger partial charge is 0.303 e. The number of nitrogens with two attached hydrogens (primary N) is 1. The van der Waals surface area contributed by atoms with E-state index in [1.165, 1.54) is 4.90 Å². The summed E-state index contributed by atoms with van der Waals surface area (Å²) in [7, 11) is 1.61. The van der Waals surface area contributed by atoms with Gasteiger partial charge in [-0.3, -0.25) is 9.59 Å². The molecular formula is C14H20N2O4. The molecule has 0 unspecified atom stereocenters. The number of carboxylic acid groups (broad SMARTS) is 1. The van der Waals surface area contributed by atoms with Gasteiger partial charge in [0.2, 0.25) is 5.91 Å². The highest BCUT2D eigenvalue weighted by molar-refractivity contribution is 5.81. The van der Waals surface area contributed by atoms with Crippen molar-refractivity contribution in [2.45, 2.75) is 25.3 Å². The number of carboxylic acids is 1. The number of aromatic hydroxyl groups is 1. The Bertz CT molecular complexity index is 459. The minimum atomic E-state index is -0.876. The van der Waals surface area contributed by atoms with E-state index in [1.807, 2.05) is 0 Å². The van der Waals surface area contributed by atoms with E-state index in [1.54, 1.807) is 31.3 Å². The van der Waals surface area contributed by atoms with Gasteiger partial charge in [0.1, 0.15) is 5.75 Å². The summed E-state index contributed by atoms with van der Waals surface area (Å²) in [4.78, 5) is 23.9. The van der Waals surface area contributed by atoms with Gasteiger partial charge in [-0.25, -0.2) is 0 Å². The van der Waals surface area contributed by atoms with Crippen LogP contribution in [0.5, 0.6) is 5.75 Å². The monoisotopic (exact) mass is 280 g/mol. The molecule has 1 aromatic carbocycles. The van der Waals surface area contributed by atoms with Gasteiger partial charge >= 0.3 is 5.97 Å². The van der Waals surface area contributed by atoms with Crippen LogP contribution in [0.15, 0.2) is 24.3 Å². The van der Waals surface area contributed by atoms with E-state index in [9.17, 15) is 14.7 Å². The zero-order valence-electron chi connectivity index (χ0n) is 11.5. The SMILES string of the molecule is CN(CCCC(=O)O)C(=O)[C@@H](N)Cc1ccc(O)cc1. The van der Waals surface area contributed by atoms with Crippen LogP contribution in [0.1, 0.15) is 18.4 Å². The number of hydrogen-bond acceptors (Lipinski definition) is 4. The molecule has 1 atom stereocenters. The first-order chi connectivity index (χ1) is 9.40. The Morgan fingerprint density at radius 1 is 1.30 bits per heavy atom. The summed E-state index contributed by atoms with van der Waals surface area (Å²) in [6, 6.07) is 5.85. The molecule has 0 aromatic heterocycles. The second-order valence-electron chi connectivity index (χ2n) is 4.73. The third kappa shape index (κ3) is 5.27. The molecule has 6 nitrogen and oxygen atoms in total. The number of benzene rings is 1. The van der Waals surface area contributed by atoms with Gasteiger partial charge in [-0.2, -0.15) is 0 Å². The first kappa shape index (κ1) is 16.0. The highest BCUT2D eigenvalue weighted by Gasteiger charge is 2.18. The Balaban J connectivity index is 2.45. The molecule has 1 aromatic rings. The minimum absolute atomic E-state index is 0.0326. The molecule has 0 aliphatic carbocycles. The van der Waals surface area contributed by atoms with Gasteiger partial charge in [0.05, 0.1) is 6.04 Å². The fraction of sp³-hybridized carbons (Fsp3) is 0.429. The number of likely N-dealkylation sites (N-methyl/N-ethyl adjacent to an activating group) is 1. The van der Waals surface area contributed by atoms with E-state index in [0.29, 0.717) is 19.4 Å². The number of phenolic OH excluding ortho intramolecular Hbond substituents is 1. The predicted octanol–water partition coefficient (Wildman–Crippen LogP) is 0.585. The van der Waals surface area contributed by atoms with E-state index in [4.69, 9.17) is 10.8 Å². The zero-order chi connectivity index (χ0) is 15.1. The molecule has 0 saturated carbocycles. The maximum absolute atomic E-state index is 12.0. The number of rotatable bonds is 7. The topological polar surface area (TPSA) is 104 Å². The van der Waals surface area contributed by atoms with Crippen LogP contribution in [-0.4, -0.2) is 46.6 Å². The van der Waals surface area contributed by atoms with E-state index < -0.39 is 12.0 Å². The van der Waals surface area contributed by atoms with Crippen molar-refractivity contribution in [3.63, 3.8) is 0 Å². The summed E-state index contributed by atoms with van der Waals surface area (Å²) in [5.41, 5.74) is 6.71. The molecule has 0 fully saturated rings. The molecule has 0 bridgehead atoms. The van der Waals surface area contributed by atoms with Crippen LogP contribution >= 0.6 is 0 Å². The normalized spacial score (nSPS) is 11.9. The van der Waals surface area contributed by atoms with Crippen LogP contribution in [0, 0.1) is 0 Å². The molecule has 0 aliphatic heterocycles.